The quantitative estimate of drug-likeness (QED) is 0.714. The maximum Gasteiger partial charge on any atom is 0.257 e. The molecule has 0 spiro atoms. The monoisotopic (exact) mass is 375 g/mol. The molecule has 0 aliphatic heterocycles. The Bertz CT molecular complexity index is 909. The minimum absolute atomic E-state index is 0.300. The van der Waals surface area contributed by atoms with Gasteiger partial charge in [-0.2, -0.15) is 5.10 Å². The van der Waals surface area contributed by atoms with E-state index in [1.54, 1.807) is 36.3 Å². The van der Waals surface area contributed by atoms with Crippen LogP contribution in [0.1, 0.15) is 15.9 Å². The van der Waals surface area contributed by atoms with Crippen LogP contribution in [-0.2, 0) is 6.54 Å². The summed E-state index contributed by atoms with van der Waals surface area (Å²) in [5.74, 6) is 0.471. The molecule has 0 fully saturated rings. The van der Waals surface area contributed by atoms with Crippen LogP contribution in [0.4, 0.5) is 5.69 Å². The predicted octanol–water partition coefficient (Wildman–Crippen LogP) is 4.50. The summed E-state index contributed by atoms with van der Waals surface area (Å²) in [6.07, 6.45) is 3.34. The number of nitrogens with one attached hydrogen (secondary N) is 1. The Labute approximate surface area is 155 Å². The maximum absolute atomic E-state index is 12.3. The number of ether oxygens (including phenoxy) is 1. The van der Waals surface area contributed by atoms with Gasteiger partial charge in [-0.15, -0.1) is 0 Å². The molecule has 2 aromatic carbocycles. The smallest absolute Gasteiger partial charge is 0.257 e. The molecular weight excluding hydrogens is 361 g/mol. The second-order valence-electron chi connectivity index (χ2n) is 5.36. The molecule has 0 aliphatic carbocycles. The zero-order valence-electron chi connectivity index (χ0n) is 13.4. The molecule has 0 radical (unpaired) electrons. The fourth-order valence-corrected chi connectivity index (χ4v) is 2.84. The highest BCUT2D eigenvalue weighted by molar-refractivity contribution is 6.37. The van der Waals surface area contributed by atoms with Crippen molar-refractivity contribution in [2.45, 2.75) is 6.54 Å². The first-order valence-corrected chi connectivity index (χ1v) is 8.22. The van der Waals surface area contributed by atoms with Crippen molar-refractivity contribution in [3.05, 3.63) is 76.0 Å². The van der Waals surface area contributed by atoms with Crippen molar-refractivity contribution < 1.29 is 9.53 Å². The van der Waals surface area contributed by atoms with E-state index in [-0.39, 0.29) is 5.91 Å². The number of aromatic nitrogens is 2. The minimum Gasteiger partial charge on any atom is -0.497 e. The van der Waals surface area contributed by atoms with E-state index in [4.69, 9.17) is 27.9 Å². The van der Waals surface area contributed by atoms with Gasteiger partial charge in [-0.05, 0) is 35.9 Å². The van der Waals surface area contributed by atoms with E-state index in [9.17, 15) is 4.79 Å². The highest BCUT2D eigenvalue weighted by Crippen LogP contribution is 2.22. The molecule has 1 amide bonds. The molecule has 1 heterocycles. The Hall–Kier alpha value is -2.50. The second-order valence-corrected chi connectivity index (χ2v) is 6.20. The lowest BCUT2D eigenvalue weighted by Gasteiger charge is -2.06. The van der Waals surface area contributed by atoms with Crippen LogP contribution in [0.2, 0.25) is 10.0 Å². The van der Waals surface area contributed by atoms with Gasteiger partial charge in [0.15, 0.2) is 0 Å². The fourth-order valence-electron chi connectivity index (χ4n) is 2.34. The van der Waals surface area contributed by atoms with Crippen LogP contribution in [0.3, 0.4) is 0 Å². The largest absolute Gasteiger partial charge is 0.497 e. The summed E-state index contributed by atoms with van der Waals surface area (Å²) in [7, 11) is 1.63. The lowest BCUT2D eigenvalue weighted by atomic mass is 10.2. The van der Waals surface area contributed by atoms with Gasteiger partial charge in [-0.1, -0.05) is 35.3 Å². The van der Waals surface area contributed by atoms with Crippen LogP contribution in [0, 0.1) is 0 Å². The van der Waals surface area contributed by atoms with Crippen molar-refractivity contribution >= 4 is 34.8 Å². The van der Waals surface area contributed by atoms with Crippen LogP contribution in [-0.4, -0.2) is 22.8 Å². The molecule has 7 heteroatoms. The number of amides is 1. The lowest BCUT2D eigenvalue weighted by Crippen LogP contribution is -2.12. The van der Waals surface area contributed by atoms with Gasteiger partial charge in [0, 0.05) is 11.2 Å². The van der Waals surface area contributed by atoms with Crippen molar-refractivity contribution in [1.29, 1.82) is 0 Å². The molecule has 0 saturated heterocycles. The summed E-state index contributed by atoms with van der Waals surface area (Å²) in [5, 5.41) is 7.81. The molecule has 3 rings (SSSR count). The normalized spacial score (nSPS) is 10.5. The van der Waals surface area contributed by atoms with Crippen LogP contribution in [0.15, 0.2) is 54.9 Å². The molecule has 5 nitrogen and oxygen atoms in total. The number of carbonyl (C=O) groups is 1. The Morgan fingerprint density at radius 2 is 2.08 bits per heavy atom. The molecule has 0 atom stereocenters. The molecule has 0 saturated carbocycles. The minimum atomic E-state index is -0.317. The van der Waals surface area contributed by atoms with Gasteiger partial charge in [-0.3, -0.25) is 9.48 Å². The zero-order chi connectivity index (χ0) is 17.8. The Morgan fingerprint density at radius 3 is 2.84 bits per heavy atom. The highest BCUT2D eigenvalue weighted by atomic mass is 35.5. The summed E-state index contributed by atoms with van der Waals surface area (Å²) >= 11 is 11.9. The first kappa shape index (κ1) is 17.3. The summed E-state index contributed by atoms with van der Waals surface area (Å²) in [6.45, 7) is 0.564. The van der Waals surface area contributed by atoms with Gasteiger partial charge < -0.3 is 10.1 Å². The van der Waals surface area contributed by atoms with Crippen molar-refractivity contribution in [3.8, 4) is 5.75 Å². The van der Waals surface area contributed by atoms with E-state index in [0.29, 0.717) is 27.8 Å². The van der Waals surface area contributed by atoms with Crippen LogP contribution in [0.25, 0.3) is 0 Å². The first-order valence-electron chi connectivity index (χ1n) is 7.47. The summed E-state index contributed by atoms with van der Waals surface area (Å²) in [6, 6.07) is 12.5. The molecule has 128 valence electrons. The van der Waals surface area contributed by atoms with E-state index >= 15 is 0 Å². The third-order valence-electron chi connectivity index (χ3n) is 3.55. The Morgan fingerprint density at radius 1 is 1.24 bits per heavy atom. The molecule has 0 unspecified atom stereocenters. The number of rotatable bonds is 5. The van der Waals surface area contributed by atoms with Gasteiger partial charge >= 0.3 is 0 Å². The van der Waals surface area contributed by atoms with Crippen LogP contribution < -0.4 is 10.1 Å². The van der Waals surface area contributed by atoms with Crippen molar-refractivity contribution in [2.24, 2.45) is 0 Å². The van der Waals surface area contributed by atoms with Gasteiger partial charge in [-0.25, -0.2) is 0 Å². The molecule has 25 heavy (non-hydrogen) atoms. The van der Waals surface area contributed by atoms with Crippen LogP contribution in [0.5, 0.6) is 5.75 Å². The molecule has 1 aromatic heterocycles. The van der Waals surface area contributed by atoms with Gasteiger partial charge in [0.25, 0.3) is 5.91 Å². The van der Waals surface area contributed by atoms with Gasteiger partial charge in [0.05, 0.1) is 36.1 Å². The first-order chi connectivity index (χ1) is 12.0. The lowest BCUT2D eigenvalue weighted by molar-refractivity contribution is 0.102. The van der Waals surface area contributed by atoms with Crippen molar-refractivity contribution in [2.75, 3.05) is 12.4 Å². The molecular formula is C18H15Cl2N3O2. The van der Waals surface area contributed by atoms with E-state index in [1.807, 2.05) is 24.3 Å². The van der Waals surface area contributed by atoms with E-state index in [2.05, 4.69) is 10.4 Å². The number of methoxy groups -OCH3 is 1. The third kappa shape index (κ3) is 4.32. The molecule has 0 bridgehead atoms. The standard InChI is InChI=1S/C18H15Cl2N3O2/c1-25-15-4-2-3-12(7-15)10-23-11-14(9-21-23)22-18(24)16-6-5-13(19)8-17(16)20/h2-9,11H,10H2,1H3,(H,22,24). The number of halogens is 2. The van der Waals surface area contributed by atoms with Crippen LogP contribution >= 0.6 is 23.2 Å². The Balaban J connectivity index is 1.69. The molecule has 0 aliphatic rings. The summed E-state index contributed by atoms with van der Waals surface area (Å²) in [5.41, 5.74) is 1.98. The summed E-state index contributed by atoms with van der Waals surface area (Å²) in [4.78, 5) is 12.3. The zero-order valence-corrected chi connectivity index (χ0v) is 14.9. The summed E-state index contributed by atoms with van der Waals surface area (Å²) < 4.78 is 6.94. The number of nitrogens with zero attached hydrogens (tertiary/aromatic N) is 2. The number of carbonyl (C=O) groups excluding carboxylic acids is 1. The number of hydrogen-bond donors (Lipinski definition) is 1. The third-order valence-corrected chi connectivity index (χ3v) is 4.09. The van der Waals surface area contributed by atoms with Gasteiger partial charge in [0.1, 0.15) is 5.75 Å². The van der Waals surface area contributed by atoms with E-state index in [0.717, 1.165) is 11.3 Å². The predicted molar refractivity (Wildman–Crippen MR) is 98.7 cm³/mol. The topological polar surface area (TPSA) is 56.1 Å². The van der Waals surface area contributed by atoms with Crippen molar-refractivity contribution in [1.82, 2.24) is 9.78 Å². The molecule has 1 N–H and O–H groups in total. The fraction of sp³-hybridized carbons (Fsp3) is 0.111. The number of benzene rings is 2. The van der Waals surface area contributed by atoms with E-state index in [1.165, 1.54) is 6.07 Å². The number of hydrogen-bond acceptors (Lipinski definition) is 3. The van der Waals surface area contributed by atoms with Gasteiger partial charge in [0.2, 0.25) is 0 Å². The molecule has 3 aromatic rings. The van der Waals surface area contributed by atoms with E-state index < -0.39 is 0 Å². The average Bonchev–Trinajstić information content (AvgIpc) is 3.01. The highest BCUT2D eigenvalue weighted by Gasteiger charge is 2.12. The number of anilines is 1. The van der Waals surface area contributed by atoms with Crippen molar-refractivity contribution in [3.63, 3.8) is 0 Å². The average molecular weight is 376 g/mol. The maximum atomic E-state index is 12.3. The SMILES string of the molecule is COc1cccc(Cn2cc(NC(=O)c3ccc(Cl)cc3Cl)cn2)c1. The second kappa shape index (κ2) is 7.59. The Kier molecular flexibility index (Phi) is 5.26.